The molecule has 1 aromatic rings. The molecule has 0 amide bonds. The van der Waals surface area contributed by atoms with Gasteiger partial charge in [-0.3, -0.25) is 4.79 Å². The second-order valence-electron chi connectivity index (χ2n) is 4.39. The summed E-state index contributed by atoms with van der Waals surface area (Å²) in [5.74, 6) is 0.465. The van der Waals surface area contributed by atoms with Crippen molar-refractivity contribution in [1.82, 2.24) is 0 Å². The minimum absolute atomic E-state index is 0.0621. The van der Waals surface area contributed by atoms with Gasteiger partial charge in [-0.05, 0) is 24.0 Å². The Hall–Kier alpha value is -1.55. The first-order valence-electron chi connectivity index (χ1n) is 5.67. The van der Waals surface area contributed by atoms with Gasteiger partial charge in [0.1, 0.15) is 11.5 Å². The Balaban J connectivity index is 2.70. The van der Waals surface area contributed by atoms with Crippen molar-refractivity contribution in [2.24, 2.45) is 0 Å². The zero-order valence-electron chi connectivity index (χ0n) is 9.99. The summed E-state index contributed by atoms with van der Waals surface area (Å²) >= 11 is 0. The molecule has 0 spiro atoms. The van der Waals surface area contributed by atoms with Gasteiger partial charge in [-0.15, -0.1) is 0 Å². The maximum atomic E-state index is 11.8. The van der Waals surface area contributed by atoms with Crippen molar-refractivity contribution in [2.45, 2.75) is 32.3 Å². The van der Waals surface area contributed by atoms with E-state index in [4.69, 9.17) is 4.74 Å². The van der Waals surface area contributed by atoms with E-state index >= 15 is 0 Å². The monoisotopic (exact) mass is 236 g/mol. The predicted octanol–water partition coefficient (Wildman–Crippen LogP) is 1.97. The molecule has 0 fully saturated rings. The molecule has 0 aromatic heterocycles. The van der Waals surface area contributed by atoms with Crippen LogP contribution in [0.5, 0.6) is 11.5 Å². The molecule has 0 bridgehead atoms. The van der Waals surface area contributed by atoms with E-state index in [0.717, 1.165) is 12.0 Å². The van der Waals surface area contributed by atoms with E-state index in [9.17, 15) is 15.0 Å². The third-order valence-electron chi connectivity index (χ3n) is 3.39. The number of fused-ring (bicyclic) bond motifs is 1. The van der Waals surface area contributed by atoms with Gasteiger partial charge in [0.25, 0.3) is 0 Å². The average Bonchev–Trinajstić information content (AvgIpc) is 2.33. The number of ketones is 1. The second-order valence-corrected chi connectivity index (χ2v) is 4.39. The number of phenols is 1. The number of aliphatic hydroxyl groups excluding tert-OH is 1. The molecule has 92 valence electrons. The third kappa shape index (κ3) is 1.78. The first-order valence-corrected chi connectivity index (χ1v) is 5.67. The van der Waals surface area contributed by atoms with Gasteiger partial charge in [-0.1, -0.05) is 6.92 Å². The standard InChI is InChI=1S/C13H16O4/c1-7-3-4-10(15)12-8(7)5-11(17-2)9(6-14)13(12)16/h5,7,14,16H,3-4,6H2,1-2H3/t7-/m1/s1. The summed E-state index contributed by atoms with van der Waals surface area (Å²) in [7, 11) is 1.48. The molecule has 0 saturated carbocycles. The van der Waals surface area contributed by atoms with Crippen LogP contribution in [0.1, 0.15) is 47.2 Å². The summed E-state index contributed by atoms with van der Waals surface area (Å²) < 4.78 is 5.14. The lowest BCUT2D eigenvalue weighted by molar-refractivity contribution is 0.0964. The smallest absolute Gasteiger partial charge is 0.166 e. The Kier molecular flexibility index (Phi) is 3.07. The van der Waals surface area contributed by atoms with Crippen LogP contribution in [0, 0.1) is 0 Å². The highest BCUT2D eigenvalue weighted by atomic mass is 16.5. The van der Waals surface area contributed by atoms with Gasteiger partial charge in [0.05, 0.1) is 24.8 Å². The molecule has 17 heavy (non-hydrogen) atoms. The second kappa shape index (κ2) is 4.37. The first-order chi connectivity index (χ1) is 8.10. The minimum atomic E-state index is -0.343. The number of rotatable bonds is 2. The van der Waals surface area contributed by atoms with Crippen molar-refractivity contribution < 1.29 is 19.7 Å². The fraction of sp³-hybridized carbons (Fsp3) is 0.462. The number of carbonyl (C=O) groups is 1. The fourth-order valence-corrected chi connectivity index (χ4v) is 2.35. The SMILES string of the molecule is COc1cc2c(c(O)c1CO)C(=O)CC[C@H]2C. The van der Waals surface area contributed by atoms with Crippen molar-refractivity contribution in [1.29, 1.82) is 0 Å². The zero-order valence-corrected chi connectivity index (χ0v) is 9.99. The molecule has 4 nitrogen and oxygen atoms in total. The van der Waals surface area contributed by atoms with Gasteiger partial charge >= 0.3 is 0 Å². The highest BCUT2D eigenvalue weighted by Gasteiger charge is 2.29. The molecule has 0 saturated heterocycles. The molecular formula is C13H16O4. The fourth-order valence-electron chi connectivity index (χ4n) is 2.35. The molecule has 0 heterocycles. The van der Waals surface area contributed by atoms with E-state index in [2.05, 4.69) is 0 Å². The van der Waals surface area contributed by atoms with E-state index in [1.165, 1.54) is 7.11 Å². The largest absolute Gasteiger partial charge is 0.507 e. The first kappa shape index (κ1) is 11.9. The van der Waals surface area contributed by atoms with E-state index in [-0.39, 0.29) is 29.6 Å². The van der Waals surface area contributed by atoms with Crippen molar-refractivity contribution in [3.05, 3.63) is 22.8 Å². The lowest BCUT2D eigenvalue weighted by Gasteiger charge is -2.24. The van der Waals surface area contributed by atoms with Crippen LogP contribution in [0.3, 0.4) is 0 Å². The summed E-state index contributed by atoms with van der Waals surface area (Å²) in [5, 5.41) is 19.3. The molecule has 1 atom stereocenters. The Labute approximate surface area is 99.8 Å². The number of aromatic hydroxyl groups is 1. The van der Waals surface area contributed by atoms with Crippen LogP contribution in [0.2, 0.25) is 0 Å². The van der Waals surface area contributed by atoms with Crippen LogP contribution in [0.4, 0.5) is 0 Å². The Bertz CT molecular complexity index is 465. The normalized spacial score (nSPS) is 19.0. The van der Waals surface area contributed by atoms with Crippen LogP contribution in [0.25, 0.3) is 0 Å². The van der Waals surface area contributed by atoms with Gasteiger partial charge in [0.2, 0.25) is 0 Å². The summed E-state index contributed by atoms with van der Waals surface area (Å²) in [6.07, 6.45) is 1.23. The minimum Gasteiger partial charge on any atom is -0.507 e. The molecule has 2 rings (SSSR count). The van der Waals surface area contributed by atoms with Crippen molar-refractivity contribution in [3.8, 4) is 11.5 Å². The van der Waals surface area contributed by atoms with Crippen molar-refractivity contribution >= 4 is 5.78 Å². The molecule has 4 heteroatoms. The molecule has 1 aliphatic carbocycles. The van der Waals surface area contributed by atoms with Gasteiger partial charge in [0.15, 0.2) is 5.78 Å². The molecule has 2 N–H and O–H groups in total. The number of carbonyl (C=O) groups excluding carboxylic acids is 1. The van der Waals surface area contributed by atoms with Crippen LogP contribution >= 0.6 is 0 Å². The van der Waals surface area contributed by atoms with E-state index in [0.29, 0.717) is 17.7 Å². The summed E-state index contributed by atoms with van der Waals surface area (Å²) in [5.41, 5.74) is 1.45. The maximum absolute atomic E-state index is 11.8. The maximum Gasteiger partial charge on any atom is 0.166 e. The van der Waals surface area contributed by atoms with Crippen LogP contribution < -0.4 is 4.74 Å². The number of hydrogen-bond donors (Lipinski definition) is 2. The highest BCUT2D eigenvalue weighted by Crippen LogP contribution is 2.42. The molecule has 0 aliphatic heterocycles. The lowest BCUT2D eigenvalue weighted by atomic mass is 9.81. The van der Waals surface area contributed by atoms with Crippen LogP contribution in [-0.2, 0) is 6.61 Å². The zero-order chi connectivity index (χ0) is 12.6. The predicted molar refractivity (Wildman–Crippen MR) is 62.6 cm³/mol. The van der Waals surface area contributed by atoms with Gasteiger partial charge in [-0.25, -0.2) is 0 Å². The van der Waals surface area contributed by atoms with E-state index in [1.807, 2.05) is 6.92 Å². The highest BCUT2D eigenvalue weighted by molar-refractivity contribution is 6.02. The molecule has 1 aromatic carbocycles. The lowest BCUT2D eigenvalue weighted by Crippen LogP contribution is -2.15. The van der Waals surface area contributed by atoms with Crippen molar-refractivity contribution in [2.75, 3.05) is 7.11 Å². The number of Topliss-reactive ketones (excluding diaryl/α,β-unsaturated/α-hetero) is 1. The van der Waals surface area contributed by atoms with Crippen LogP contribution in [-0.4, -0.2) is 23.1 Å². The van der Waals surface area contributed by atoms with Crippen molar-refractivity contribution in [3.63, 3.8) is 0 Å². The Morgan fingerprint density at radius 3 is 2.82 bits per heavy atom. The van der Waals surface area contributed by atoms with Gasteiger partial charge in [-0.2, -0.15) is 0 Å². The van der Waals surface area contributed by atoms with E-state index < -0.39 is 0 Å². The number of benzene rings is 1. The van der Waals surface area contributed by atoms with Gasteiger partial charge in [0, 0.05) is 6.42 Å². The topological polar surface area (TPSA) is 66.8 Å². The molecular weight excluding hydrogens is 220 g/mol. The summed E-state index contributed by atoms with van der Waals surface area (Å²) in [6.45, 7) is 1.67. The molecule has 0 radical (unpaired) electrons. The molecule has 0 unspecified atom stereocenters. The number of hydrogen-bond acceptors (Lipinski definition) is 4. The van der Waals surface area contributed by atoms with Gasteiger partial charge < -0.3 is 14.9 Å². The van der Waals surface area contributed by atoms with E-state index in [1.54, 1.807) is 6.07 Å². The Morgan fingerprint density at radius 1 is 1.53 bits per heavy atom. The number of methoxy groups -OCH3 is 1. The Morgan fingerprint density at radius 2 is 2.24 bits per heavy atom. The molecule has 1 aliphatic rings. The quantitative estimate of drug-likeness (QED) is 0.823. The average molecular weight is 236 g/mol. The number of aliphatic hydroxyl groups is 1. The third-order valence-corrected chi connectivity index (χ3v) is 3.39. The number of ether oxygens (including phenoxy) is 1. The summed E-state index contributed by atoms with van der Waals surface area (Å²) in [4.78, 5) is 11.8. The van der Waals surface area contributed by atoms with Crippen LogP contribution in [0.15, 0.2) is 6.07 Å². The summed E-state index contributed by atoms with van der Waals surface area (Å²) in [6, 6.07) is 1.75.